The van der Waals surface area contributed by atoms with Gasteiger partial charge in [-0.2, -0.15) is 0 Å². The number of aromatic nitrogens is 5. The third-order valence-electron chi connectivity index (χ3n) is 1.13. The van der Waals surface area contributed by atoms with Crippen LogP contribution in [-0.2, 0) is 0 Å². The van der Waals surface area contributed by atoms with Crippen molar-refractivity contribution in [1.29, 1.82) is 0 Å². The lowest BCUT2D eigenvalue weighted by atomic mass is 10.6. The molecule has 0 fully saturated rings. The second-order valence-corrected chi connectivity index (χ2v) is 1.76. The molecule has 0 spiro atoms. The Morgan fingerprint density at radius 1 is 1.40 bits per heavy atom. The molecule has 0 bridgehead atoms. The molecule has 2 heterocycles. The summed E-state index contributed by atoms with van der Waals surface area (Å²) < 4.78 is 1.27. The Morgan fingerprint density at radius 2 is 2.30 bits per heavy atom. The van der Waals surface area contributed by atoms with Gasteiger partial charge < -0.3 is 5.84 Å². The van der Waals surface area contributed by atoms with Crippen LogP contribution >= 0.6 is 0 Å². The number of nitrogen functional groups attached to an aromatic ring is 1. The van der Waals surface area contributed by atoms with Crippen LogP contribution in [-0.4, -0.2) is 24.8 Å². The molecule has 6 heteroatoms. The highest BCUT2D eigenvalue weighted by Crippen LogP contribution is 2.07. The maximum atomic E-state index is 5.41. The van der Waals surface area contributed by atoms with Crippen molar-refractivity contribution in [2.75, 3.05) is 5.84 Å². The number of fused-ring (bicyclic) bond motifs is 1. The molecule has 2 aliphatic rings. The van der Waals surface area contributed by atoms with Crippen LogP contribution in [0.3, 0.4) is 0 Å². The first-order valence-corrected chi connectivity index (χ1v) is 2.64. The number of rotatable bonds is 0. The number of hydrogen-bond donors (Lipinski definition) is 1. The van der Waals surface area contributed by atoms with E-state index >= 15 is 0 Å². The normalized spacial score (nSPS) is 10.4. The van der Waals surface area contributed by atoms with E-state index in [9.17, 15) is 0 Å². The van der Waals surface area contributed by atoms with E-state index in [1.807, 2.05) is 0 Å². The fraction of sp³-hybridized carbons (Fsp3) is 0. The maximum absolute atomic E-state index is 5.41. The largest absolute Gasteiger partial charge is 0.336 e. The van der Waals surface area contributed by atoms with Gasteiger partial charge in [0.25, 0.3) is 0 Å². The standard InChI is InChI=1S/C4H4N6/c5-10-2-8-9-3-4(10)7-1-6-3/h1-2H,5H2. The first-order chi connectivity index (χ1) is 4.88. The average molecular weight is 136 g/mol. The van der Waals surface area contributed by atoms with Crippen LogP contribution in [0, 0.1) is 0 Å². The van der Waals surface area contributed by atoms with Crippen molar-refractivity contribution in [3.8, 4) is 11.6 Å². The van der Waals surface area contributed by atoms with Gasteiger partial charge in [-0.15, -0.1) is 10.2 Å². The first kappa shape index (κ1) is 5.10. The lowest BCUT2D eigenvalue weighted by Crippen LogP contribution is -2.14. The molecule has 0 aliphatic carbocycles. The first-order valence-electron chi connectivity index (χ1n) is 2.64. The van der Waals surface area contributed by atoms with Crippen molar-refractivity contribution in [1.82, 2.24) is 24.8 Å². The Balaban J connectivity index is 2.80. The van der Waals surface area contributed by atoms with E-state index in [1.54, 1.807) is 0 Å². The second-order valence-electron chi connectivity index (χ2n) is 1.76. The highest BCUT2D eigenvalue weighted by Gasteiger charge is 2.08. The minimum Gasteiger partial charge on any atom is -0.336 e. The van der Waals surface area contributed by atoms with Crippen LogP contribution in [0.2, 0.25) is 0 Å². The summed E-state index contributed by atoms with van der Waals surface area (Å²) in [7, 11) is 0. The molecule has 0 aromatic heterocycles. The molecule has 2 rings (SSSR count). The van der Waals surface area contributed by atoms with E-state index in [2.05, 4.69) is 20.2 Å². The molecule has 10 heavy (non-hydrogen) atoms. The Labute approximate surface area is 56.0 Å². The molecular formula is C4H4N6. The number of nitrogens with two attached hydrogens (primary N) is 1. The van der Waals surface area contributed by atoms with E-state index in [1.165, 1.54) is 17.3 Å². The Hall–Kier alpha value is -1.72. The van der Waals surface area contributed by atoms with Gasteiger partial charge in [0.2, 0.25) is 11.6 Å². The summed E-state index contributed by atoms with van der Waals surface area (Å²) in [5.41, 5.74) is 0. The van der Waals surface area contributed by atoms with E-state index < -0.39 is 0 Å². The van der Waals surface area contributed by atoms with Crippen LogP contribution in [0.1, 0.15) is 0 Å². The van der Waals surface area contributed by atoms with Gasteiger partial charge >= 0.3 is 0 Å². The summed E-state index contributed by atoms with van der Waals surface area (Å²) in [6.45, 7) is 0. The Bertz CT molecular complexity index is 314. The van der Waals surface area contributed by atoms with Gasteiger partial charge in [0.1, 0.15) is 12.7 Å². The molecule has 6 nitrogen and oxygen atoms in total. The summed E-state index contributed by atoms with van der Waals surface area (Å²) in [4.78, 5) is 7.64. The van der Waals surface area contributed by atoms with Crippen LogP contribution in [0.25, 0.3) is 11.6 Å². The monoisotopic (exact) mass is 136 g/mol. The van der Waals surface area contributed by atoms with Gasteiger partial charge in [-0.25, -0.2) is 14.6 Å². The van der Waals surface area contributed by atoms with E-state index in [0.717, 1.165) is 0 Å². The van der Waals surface area contributed by atoms with Crippen LogP contribution < -0.4 is 5.84 Å². The molecule has 0 saturated carbocycles. The van der Waals surface area contributed by atoms with Gasteiger partial charge in [0.15, 0.2) is 0 Å². The predicted octanol–water partition coefficient (Wildman–Crippen LogP) is -1.11. The minimum absolute atomic E-state index is 0.463. The van der Waals surface area contributed by atoms with Crippen LogP contribution in [0.4, 0.5) is 0 Å². The average Bonchev–Trinajstić information content (AvgIpc) is 2.36. The predicted molar refractivity (Wildman–Crippen MR) is 32.4 cm³/mol. The smallest absolute Gasteiger partial charge is 0.221 e. The number of nitrogens with zero attached hydrogens (tertiary/aromatic N) is 5. The van der Waals surface area contributed by atoms with Gasteiger partial charge in [0.05, 0.1) is 0 Å². The van der Waals surface area contributed by atoms with Crippen molar-refractivity contribution in [2.45, 2.75) is 0 Å². The molecular weight excluding hydrogens is 132 g/mol. The highest BCUT2D eigenvalue weighted by atomic mass is 15.4. The van der Waals surface area contributed by atoms with Crippen molar-refractivity contribution in [3.63, 3.8) is 0 Å². The minimum atomic E-state index is 0.463. The summed E-state index contributed by atoms with van der Waals surface area (Å²) in [6, 6.07) is 0. The molecule has 0 aromatic rings. The second kappa shape index (κ2) is 1.63. The fourth-order valence-corrected chi connectivity index (χ4v) is 0.697. The van der Waals surface area contributed by atoms with E-state index in [0.29, 0.717) is 11.6 Å². The molecule has 0 atom stereocenters. The summed E-state index contributed by atoms with van der Waals surface area (Å²) in [5, 5.41) is 7.25. The zero-order valence-electron chi connectivity index (χ0n) is 4.97. The quantitative estimate of drug-likeness (QED) is 0.464. The molecule has 2 N–H and O–H groups in total. The van der Waals surface area contributed by atoms with Crippen LogP contribution in [0.5, 0.6) is 0 Å². The van der Waals surface area contributed by atoms with Gasteiger partial charge in [-0.1, -0.05) is 0 Å². The molecule has 0 amide bonds. The zero-order valence-corrected chi connectivity index (χ0v) is 4.97. The molecule has 0 radical (unpaired) electrons. The van der Waals surface area contributed by atoms with Crippen LogP contribution in [0.15, 0.2) is 12.7 Å². The van der Waals surface area contributed by atoms with Crippen molar-refractivity contribution in [2.24, 2.45) is 0 Å². The molecule has 0 saturated heterocycles. The van der Waals surface area contributed by atoms with Crippen molar-refractivity contribution < 1.29 is 0 Å². The van der Waals surface area contributed by atoms with Gasteiger partial charge in [0, 0.05) is 0 Å². The maximum Gasteiger partial charge on any atom is 0.221 e. The van der Waals surface area contributed by atoms with Crippen molar-refractivity contribution in [3.05, 3.63) is 12.7 Å². The fourth-order valence-electron chi connectivity index (χ4n) is 0.697. The highest BCUT2D eigenvalue weighted by molar-refractivity contribution is 5.42. The summed E-state index contributed by atoms with van der Waals surface area (Å²) >= 11 is 0. The lowest BCUT2D eigenvalue weighted by Gasteiger charge is -1.98. The molecule has 2 aliphatic heterocycles. The number of imidazole rings is 1. The van der Waals surface area contributed by atoms with Gasteiger partial charge in [-0.3, -0.25) is 0 Å². The third-order valence-corrected chi connectivity index (χ3v) is 1.13. The Morgan fingerprint density at radius 3 is 3.10 bits per heavy atom. The summed E-state index contributed by atoms with van der Waals surface area (Å²) in [5.74, 6) is 6.41. The third kappa shape index (κ3) is 0.524. The Kier molecular flexibility index (Phi) is 0.830. The molecule has 50 valence electrons. The SMILES string of the molecule is Nn1cnnc2ncnc1-2. The lowest BCUT2D eigenvalue weighted by molar-refractivity contribution is 0.841. The number of hydrogen-bond acceptors (Lipinski definition) is 5. The topological polar surface area (TPSA) is 82.5 Å². The zero-order chi connectivity index (χ0) is 6.97. The molecule has 0 aromatic carbocycles. The van der Waals surface area contributed by atoms with Crippen molar-refractivity contribution >= 4 is 0 Å². The summed E-state index contributed by atoms with van der Waals surface area (Å²) in [6.07, 6.45) is 2.76. The van der Waals surface area contributed by atoms with Gasteiger partial charge in [-0.05, 0) is 0 Å². The molecule has 0 unspecified atom stereocenters. The van der Waals surface area contributed by atoms with E-state index in [4.69, 9.17) is 5.84 Å². The van der Waals surface area contributed by atoms with E-state index in [-0.39, 0.29) is 0 Å².